The summed E-state index contributed by atoms with van der Waals surface area (Å²) in [6.45, 7) is 1.79. The molecule has 2 aromatic heterocycles. The molecule has 0 aliphatic rings. The summed E-state index contributed by atoms with van der Waals surface area (Å²) in [7, 11) is 1.28. The van der Waals surface area contributed by atoms with Gasteiger partial charge in [0.05, 0.1) is 34.7 Å². The number of H-pyrrole nitrogens is 1. The third-order valence-electron chi connectivity index (χ3n) is 4.07. The molecule has 0 saturated carbocycles. The molecule has 0 bridgehead atoms. The summed E-state index contributed by atoms with van der Waals surface area (Å²) in [6, 6.07) is 12.6. The van der Waals surface area contributed by atoms with Crippen molar-refractivity contribution in [3.05, 3.63) is 58.6 Å². The van der Waals surface area contributed by atoms with Crippen molar-refractivity contribution in [3.8, 4) is 5.69 Å². The second kappa shape index (κ2) is 5.99. The first-order chi connectivity index (χ1) is 12.6. The Morgan fingerprint density at radius 2 is 1.96 bits per heavy atom. The molecule has 2 N–H and O–H groups in total. The quantitative estimate of drug-likeness (QED) is 0.579. The number of aromatic nitrogens is 4. The van der Waals surface area contributed by atoms with E-state index in [9.17, 15) is 9.59 Å². The molecule has 0 aliphatic heterocycles. The van der Waals surface area contributed by atoms with Gasteiger partial charge in [-0.2, -0.15) is 0 Å². The number of amides is 1. The zero-order valence-corrected chi connectivity index (χ0v) is 14.1. The van der Waals surface area contributed by atoms with Gasteiger partial charge in [0, 0.05) is 0 Å². The number of hydrogen-bond donors (Lipinski definition) is 2. The van der Waals surface area contributed by atoms with Crippen LogP contribution in [-0.2, 0) is 4.74 Å². The average molecular weight is 349 g/mol. The normalized spacial score (nSPS) is 11.0. The van der Waals surface area contributed by atoms with Crippen molar-refractivity contribution in [2.24, 2.45) is 0 Å². The lowest BCUT2D eigenvalue weighted by atomic mass is 10.2. The predicted octanol–water partition coefficient (Wildman–Crippen LogP) is 2.75. The van der Waals surface area contributed by atoms with Crippen LogP contribution in [0, 0.1) is 6.92 Å². The van der Waals surface area contributed by atoms with E-state index in [1.807, 2.05) is 18.2 Å². The minimum atomic E-state index is -0.616. The van der Waals surface area contributed by atoms with Crippen LogP contribution in [0.5, 0.6) is 0 Å². The Kier molecular flexibility index (Phi) is 3.65. The van der Waals surface area contributed by atoms with Gasteiger partial charge in [-0.05, 0) is 37.3 Å². The maximum Gasteiger partial charge on any atom is 0.413 e. The number of carbonyl (C=O) groups excluding carboxylic acids is 1. The molecule has 26 heavy (non-hydrogen) atoms. The zero-order valence-electron chi connectivity index (χ0n) is 14.1. The van der Waals surface area contributed by atoms with Crippen LogP contribution in [0.4, 0.5) is 10.7 Å². The van der Waals surface area contributed by atoms with Gasteiger partial charge in [0.1, 0.15) is 5.82 Å². The second-order valence-corrected chi connectivity index (χ2v) is 5.72. The van der Waals surface area contributed by atoms with Crippen LogP contribution in [0.1, 0.15) is 5.82 Å². The third kappa shape index (κ3) is 2.57. The zero-order chi connectivity index (χ0) is 18.3. The highest BCUT2D eigenvalue weighted by Gasteiger charge is 2.12. The molecule has 0 saturated heterocycles. The number of aryl methyl sites for hydroxylation is 1. The number of aromatic amines is 1. The molecule has 4 rings (SSSR count). The molecule has 8 nitrogen and oxygen atoms in total. The fourth-order valence-corrected chi connectivity index (χ4v) is 2.89. The van der Waals surface area contributed by atoms with E-state index in [-0.39, 0.29) is 11.5 Å². The number of hydrogen-bond acceptors (Lipinski definition) is 5. The van der Waals surface area contributed by atoms with Crippen LogP contribution < -0.4 is 10.9 Å². The molecule has 0 unspecified atom stereocenters. The molecule has 1 amide bonds. The van der Waals surface area contributed by atoms with Gasteiger partial charge in [-0.3, -0.25) is 14.7 Å². The Hall–Kier alpha value is -3.68. The lowest BCUT2D eigenvalue weighted by molar-refractivity contribution is 0.186. The van der Waals surface area contributed by atoms with E-state index in [1.54, 1.807) is 35.8 Å². The lowest BCUT2D eigenvalue weighted by Crippen LogP contribution is -2.22. The standard InChI is InChI=1S/C18H15N5O3/c1-10-19-13-6-4-3-5-12(13)16(24)23(10)11-7-8-14-15(9-11)21-17(20-14)22-18(25)26-2/h3-9H,1-2H3,(H2,20,21,22,25). The van der Waals surface area contributed by atoms with E-state index < -0.39 is 6.09 Å². The summed E-state index contributed by atoms with van der Waals surface area (Å²) in [6.07, 6.45) is -0.616. The van der Waals surface area contributed by atoms with Gasteiger partial charge in [0.15, 0.2) is 0 Å². The number of ether oxygens (including phenoxy) is 1. The summed E-state index contributed by atoms with van der Waals surface area (Å²) < 4.78 is 6.10. The van der Waals surface area contributed by atoms with Crippen LogP contribution in [0.2, 0.25) is 0 Å². The van der Waals surface area contributed by atoms with E-state index >= 15 is 0 Å². The number of nitrogens with zero attached hydrogens (tertiary/aromatic N) is 3. The fourth-order valence-electron chi connectivity index (χ4n) is 2.89. The smallest absolute Gasteiger partial charge is 0.413 e. The van der Waals surface area contributed by atoms with Gasteiger partial charge < -0.3 is 9.72 Å². The molecule has 0 fully saturated rings. The Labute approximate surface area is 147 Å². The first kappa shape index (κ1) is 15.8. The molecule has 8 heteroatoms. The van der Waals surface area contributed by atoms with Gasteiger partial charge in [0.25, 0.3) is 5.56 Å². The van der Waals surface area contributed by atoms with E-state index in [2.05, 4.69) is 25.0 Å². The van der Waals surface area contributed by atoms with Crippen LogP contribution in [-0.4, -0.2) is 32.7 Å². The van der Waals surface area contributed by atoms with Gasteiger partial charge in [0.2, 0.25) is 5.95 Å². The topological polar surface area (TPSA) is 102 Å². The number of imidazole rings is 1. The second-order valence-electron chi connectivity index (χ2n) is 5.72. The number of anilines is 1. The molecule has 0 radical (unpaired) electrons. The fraction of sp³-hybridized carbons (Fsp3) is 0.111. The number of nitrogens with one attached hydrogen (secondary N) is 2. The average Bonchev–Trinajstić information content (AvgIpc) is 3.03. The lowest BCUT2D eigenvalue weighted by Gasteiger charge is -2.10. The highest BCUT2D eigenvalue weighted by Crippen LogP contribution is 2.19. The van der Waals surface area contributed by atoms with E-state index in [0.717, 1.165) is 0 Å². The first-order valence-electron chi connectivity index (χ1n) is 7.90. The molecular weight excluding hydrogens is 334 g/mol. The van der Waals surface area contributed by atoms with Crippen molar-refractivity contribution in [3.63, 3.8) is 0 Å². The summed E-state index contributed by atoms with van der Waals surface area (Å²) in [5.41, 5.74) is 2.51. The molecular formula is C18H15N5O3. The van der Waals surface area contributed by atoms with Crippen LogP contribution >= 0.6 is 0 Å². The van der Waals surface area contributed by atoms with Crippen molar-refractivity contribution in [2.45, 2.75) is 6.92 Å². The number of benzene rings is 2. The maximum absolute atomic E-state index is 12.9. The van der Waals surface area contributed by atoms with E-state index in [1.165, 1.54) is 7.11 Å². The maximum atomic E-state index is 12.9. The van der Waals surface area contributed by atoms with E-state index in [4.69, 9.17) is 0 Å². The van der Waals surface area contributed by atoms with Crippen LogP contribution in [0.25, 0.3) is 27.6 Å². The highest BCUT2D eigenvalue weighted by molar-refractivity contribution is 5.87. The monoisotopic (exact) mass is 349 g/mol. The van der Waals surface area contributed by atoms with E-state index in [0.29, 0.717) is 33.4 Å². The number of carbonyl (C=O) groups is 1. The van der Waals surface area contributed by atoms with Crippen molar-refractivity contribution in [2.75, 3.05) is 12.4 Å². The van der Waals surface area contributed by atoms with Gasteiger partial charge in [-0.1, -0.05) is 12.1 Å². The molecule has 0 atom stereocenters. The Morgan fingerprint density at radius 3 is 2.77 bits per heavy atom. The first-order valence-corrected chi connectivity index (χ1v) is 7.90. The van der Waals surface area contributed by atoms with Crippen molar-refractivity contribution >= 4 is 34.0 Å². The predicted molar refractivity (Wildman–Crippen MR) is 97.8 cm³/mol. The van der Waals surface area contributed by atoms with Crippen LogP contribution in [0.3, 0.4) is 0 Å². The number of methoxy groups -OCH3 is 1. The number of fused-ring (bicyclic) bond motifs is 2. The molecule has 4 aromatic rings. The summed E-state index contributed by atoms with van der Waals surface area (Å²) in [5, 5.41) is 3.03. The molecule has 0 aliphatic carbocycles. The number of para-hydroxylation sites is 1. The van der Waals surface area contributed by atoms with Crippen molar-refractivity contribution < 1.29 is 9.53 Å². The van der Waals surface area contributed by atoms with Crippen molar-refractivity contribution in [1.29, 1.82) is 0 Å². The third-order valence-corrected chi connectivity index (χ3v) is 4.07. The van der Waals surface area contributed by atoms with Gasteiger partial charge >= 0.3 is 6.09 Å². The molecule has 0 spiro atoms. The summed E-state index contributed by atoms with van der Waals surface area (Å²) in [4.78, 5) is 36.0. The molecule has 2 aromatic carbocycles. The van der Waals surface area contributed by atoms with Gasteiger partial charge in [-0.25, -0.2) is 14.8 Å². The highest BCUT2D eigenvalue weighted by atomic mass is 16.5. The summed E-state index contributed by atoms with van der Waals surface area (Å²) in [5.74, 6) is 0.852. The Morgan fingerprint density at radius 1 is 1.15 bits per heavy atom. The van der Waals surface area contributed by atoms with Gasteiger partial charge in [-0.15, -0.1) is 0 Å². The van der Waals surface area contributed by atoms with Crippen molar-refractivity contribution in [1.82, 2.24) is 19.5 Å². The minimum Gasteiger partial charge on any atom is -0.453 e. The SMILES string of the molecule is COC(=O)Nc1nc2ccc(-n3c(C)nc4ccccc4c3=O)cc2[nH]1. The largest absolute Gasteiger partial charge is 0.453 e. The number of rotatable bonds is 2. The molecule has 130 valence electrons. The summed E-state index contributed by atoms with van der Waals surface area (Å²) >= 11 is 0. The minimum absolute atomic E-state index is 0.139. The molecule has 2 heterocycles. The van der Waals surface area contributed by atoms with Crippen LogP contribution in [0.15, 0.2) is 47.3 Å². The Balaban J connectivity index is 1.85. The Bertz CT molecular complexity index is 1210.